The summed E-state index contributed by atoms with van der Waals surface area (Å²) >= 11 is 0. The molecule has 34 heavy (non-hydrogen) atoms. The average Bonchev–Trinajstić information content (AvgIpc) is 3.15. The van der Waals surface area contributed by atoms with Gasteiger partial charge in [-0.3, -0.25) is 9.59 Å². The van der Waals surface area contributed by atoms with E-state index in [1.165, 1.54) is 0 Å². The van der Waals surface area contributed by atoms with Gasteiger partial charge in [-0.25, -0.2) is 4.98 Å². The molecule has 1 saturated heterocycles. The summed E-state index contributed by atoms with van der Waals surface area (Å²) in [6, 6.07) is 18.2. The fourth-order valence-corrected chi connectivity index (χ4v) is 4.04. The number of carbonyl (C=O) groups excluding carboxylic acids is 2. The highest BCUT2D eigenvalue weighted by atomic mass is 16.5. The number of ether oxygens (including phenoxy) is 2. The monoisotopic (exact) mass is 460 g/mol. The van der Waals surface area contributed by atoms with Gasteiger partial charge in [-0.05, 0) is 42.8 Å². The molecule has 8 nitrogen and oxygen atoms in total. The molecule has 176 valence electrons. The van der Waals surface area contributed by atoms with Crippen molar-refractivity contribution in [2.45, 2.75) is 6.42 Å². The number of benzene rings is 2. The lowest BCUT2D eigenvalue weighted by Gasteiger charge is -2.23. The minimum Gasteiger partial charge on any atom is -0.496 e. The highest BCUT2D eigenvalue weighted by molar-refractivity contribution is 6.00. The van der Waals surface area contributed by atoms with Gasteiger partial charge in [0.05, 0.1) is 31.0 Å². The SMILES string of the molecule is COc1ccccc1Nc1ncccc1C(=O)N1CCCN(C(=O)c2ccccc2OC)CC1. The van der Waals surface area contributed by atoms with Crippen molar-refractivity contribution in [3.8, 4) is 11.5 Å². The van der Waals surface area contributed by atoms with Gasteiger partial charge in [0.2, 0.25) is 0 Å². The number of pyridine rings is 1. The van der Waals surface area contributed by atoms with Crippen LogP contribution in [-0.2, 0) is 0 Å². The smallest absolute Gasteiger partial charge is 0.257 e. The van der Waals surface area contributed by atoms with Crippen LogP contribution in [0.4, 0.5) is 11.5 Å². The van der Waals surface area contributed by atoms with Crippen molar-refractivity contribution in [3.63, 3.8) is 0 Å². The molecule has 2 amide bonds. The molecule has 1 aromatic heterocycles. The van der Waals surface area contributed by atoms with E-state index in [0.717, 1.165) is 5.69 Å². The molecule has 2 aromatic carbocycles. The number of hydrogen-bond donors (Lipinski definition) is 1. The predicted octanol–water partition coefficient (Wildman–Crippen LogP) is 3.83. The summed E-state index contributed by atoms with van der Waals surface area (Å²) in [5, 5.41) is 3.23. The van der Waals surface area contributed by atoms with E-state index in [2.05, 4.69) is 10.3 Å². The van der Waals surface area contributed by atoms with E-state index in [-0.39, 0.29) is 11.8 Å². The zero-order chi connectivity index (χ0) is 23.9. The van der Waals surface area contributed by atoms with Gasteiger partial charge in [0.25, 0.3) is 11.8 Å². The van der Waals surface area contributed by atoms with Crippen LogP contribution < -0.4 is 14.8 Å². The van der Waals surface area contributed by atoms with Gasteiger partial charge in [-0.15, -0.1) is 0 Å². The van der Waals surface area contributed by atoms with Crippen LogP contribution in [0.1, 0.15) is 27.1 Å². The normalized spacial score (nSPS) is 13.7. The van der Waals surface area contributed by atoms with E-state index in [1.807, 2.05) is 36.4 Å². The Kier molecular flexibility index (Phi) is 7.27. The second kappa shape index (κ2) is 10.7. The molecule has 0 spiro atoms. The third-order valence-electron chi connectivity index (χ3n) is 5.81. The van der Waals surface area contributed by atoms with Crippen molar-refractivity contribution in [1.82, 2.24) is 14.8 Å². The Labute approximate surface area is 199 Å². The second-order valence-corrected chi connectivity index (χ2v) is 7.86. The van der Waals surface area contributed by atoms with Gasteiger partial charge >= 0.3 is 0 Å². The van der Waals surface area contributed by atoms with Gasteiger partial charge in [-0.1, -0.05) is 24.3 Å². The fraction of sp³-hybridized carbons (Fsp3) is 0.269. The van der Waals surface area contributed by atoms with Crippen LogP contribution in [0, 0.1) is 0 Å². The summed E-state index contributed by atoms with van der Waals surface area (Å²) in [6.45, 7) is 2.00. The molecular formula is C26H28N4O4. The molecule has 1 fully saturated rings. The van der Waals surface area contributed by atoms with Crippen LogP contribution in [0.5, 0.6) is 11.5 Å². The predicted molar refractivity (Wildman–Crippen MR) is 130 cm³/mol. The zero-order valence-corrected chi connectivity index (χ0v) is 19.4. The molecule has 0 saturated carbocycles. The standard InChI is InChI=1S/C26H28N4O4/c1-33-22-12-5-3-9-19(22)25(31)29-15-8-16-30(18-17-29)26(32)20-10-7-14-27-24(20)28-21-11-4-6-13-23(21)34-2/h3-7,9-14H,8,15-18H2,1-2H3,(H,27,28). The Bertz CT molecular complexity index is 1170. The van der Waals surface area contributed by atoms with Crippen LogP contribution in [0.25, 0.3) is 0 Å². The minimum absolute atomic E-state index is 0.0911. The zero-order valence-electron chi connectivity index (χ0n) is 19.4. The number of carbonyl (C=O) groups is 2. The van der Waals surface area contributed by atoms with Gasteiger partial charge in [-0.2, -0.15) is 0 Å². The molecule has 0 aliphatic carbocycles. The van der Waals surface area contributed by atoms with E-state index in [0.29, 0.717) is 61.0 Å². The van der Waals surface area contributed by atoms with Crippen LogP contribution in [0.15, 0.2) is 66.9 Å². The highest BCUT2D eigenvalue weighted by Crippen LogP contribution is 2.28. The second-order valence-electron chi connectivity index (χ2n) is 7.86. The molecule has 0 atom stereocenters. The summed E-state index contributed by atoms with van der Waals surface area (Å²) in [6.07, 6.45) is 2.33. The summed E-state index contributed by atoms with van der Waals surface area (Å²) in [7, 11) is 3.15. The number of aromatic nitrogens is 1. The van der Waals surface area contributed by atoms with Crippen LogP contribution in [0.2, 0.25) is 0 Å². The van der Waals surface area contributed by atoms with E-state index in [4.69, 9.17) is 9.47 Å². The minimum atomic E-state index is -0.128. The Morgan fingerprint density at radius 1 is 0.765 bits per heavy atom. The first-order valence-corrected chi connectivity index (χ1v) is 11.2. The highest BCUT2D eigenvalue weighted by Gasteiger charge is 2.26. The lowest BCUT2D eigenvalue weighted by atomic mass is 10.1. The third-order valence-corrected chi connectivity index (χ3v) is 5.81. The fourth-order valence-electron chi connectivity index (χ4n) is 4.04. The number of rotatable bonds is 6. The molecule has 0 bridgehead atoms. The number of anilines is 2. The first-order valence-electron chi connectivity index (χ1n) is 11.2. The van der Waals surface area contributed by atoms with Crippen molar-refractivity contribution in [1.29, 1.82) is 0 Å². The number of nitrogens with one attached hydrogen (secondary N) is 1. The summed E-state index contributed by atoms with van der Waals surface area (Å²) < 4.78 is 10.8. The third kappa shape index (κ3) is 4.96. The van der Waals surface area contributed by atoms with Crippen molar-refractivity contribution in [2.75, 3.05) is 45.7 Å². The Hall–Kier alpha value is -4.07. The summed E-state index contributed by atoms with van der Waals surface area (Å²) in [5.74, 6) is 1.45. The van der Waals surface area contributed by atoms with E-state index < -0.39 is 0 Å². The van der Waals surface area contributed by atoms with Gasteiger partial charge in [0, 0.05) is 32.4 Å². The number of para-hydroxylation sites is 3. The van der Waals surface area contributed by atoms with E-state index >= 15 is 0 Å². The topological polar surface area (TPSA) is 84.0 Å². The van der Waals surface area contributed by atoms with Crippen molar-refractivity contribution in [2.24, 2.45) is 0 Å². The van der Waals surface area contributed by atoms with Crippen LogP contribution in [0.3, 0.4) is 0 Å². The maximum absolute atomic E-state index is 13.5. The quantitative estimate of drug-likeness (QED) is 0.602. The largest absolute Gasteiger partial charge is 0.496 e. The first kappa shape index (κ1) is 23.1. The molecule has 1 N–H and O–H groups in total. The lowest BCUT2D eigenvalue weighted by molar-refractivity contribution is 0.0717. The number of methoxy groups -OCH3 is 2. The van der Waals surface area contributed by atoms with Gasteiger partial charge in [0.1, 0.15) is 17.3 Å². The van der Waals surface area contributed by atoms with Gasteiger partial charge < -0.3 is 24.6 Å². The number of nitrogens with zero attached hydrogens (tertiary/aromatic N) is 3. The molecule has 2 heterocycles. The summed E-state index contributed by atoms with van der Waals surface area (Å²) in [4.78, 5) is 34.5. The van der Waals surface area contributed by atoms with Crippen molar-refractivity contribution >= 4 is 23.3 Å². The lowest BCUT2D eigenvalue weighted by Crippen LogP contribution is -2.37. The average molecular weight is 461 g/mol. The van der Waals surface area contributed by atoms with Gasteiger partial charge in [0.15, 0.2) is 0 Å². The van der Waals surface area contributed by atoms with Crippen LogP contribution in [-0.4, -0.2) is 67.0 Å². The molecule has 4 rings (SSSR count). The maximum atomic E-state index is 13.5. The molecule has 1 aliphatic rings. The van der Waals surface area contributed by atoms with Crippen LogP contribution >= 0.6 is 0 Å². The Balaban J connectivity index is 1.49. The number of amides is 2. The number of hydrogen-bond acceptors (Lipinski definition) is 6. The molecule has 8 heteroatoms. The first-order chi connectivity index (χ1) is 16.6. The maximum Gasteiger partial charge on any atom is 0.257 e. The van der Waals surface area contributed by atoms with E-state index in [1.54, 1.807) is 54.5 Å². The summed E-state index contributed by atoms with van der Waals surface area (Å²) in [5.41, 5.74) is 1.72. The van der Waals surface area contributed by atoms with Crippen molar-refractivity contribution < 1.29 is 19.1 Å². The molecule has 3 aromatic rings. The molecular weight excluding hydrogens is 432 g/mol. The van der Waals surface area contributed by atoms with E-state index in [9.17, 15) is 9.59 Å². The Morgan fingerprint density at radius 3 is 2.06 bits per heavy atom. The van der Waals surface area contributed by atoms with Crippen molar-refractivity contribution in [3.05, 3.63) is 78.0 Å². The molecule has 0 unspecified atom stereocenters. The molecule has 1 aliphatic heterocycles. The molecule has 0 radical (unpaired) electrons. The Morgan fingerprint density at radius 2 is 1.35 bits per heavy atom.